The molecule has 8 heteroatoms. The average Bonchev–Trinajstić information content (AvgIpc) is 2.68. The molecule has 1 saturated heterocycles. The topological polar surface area (TPSA) is 67.4 Å². The molecule has 0 spiro atoms. The molecule has 2 aromatic carbocycles. The summed E-state index contributed by atoms with van der Waals surface area (Å²) >= 11 is 0. The van der Waals surface area contributed by atoms with E-state index in [1.54, 1.807) is 12.1 Å². The van der Waals surface area contributed by atoms with Crippen LogP contribution in [-0.4, -0.2) is 31.0 Å². The van der Waals surface area contributed by atoms with Gasteiger partial charge in [0.2, 0.25) is 5.91 Å². The Hall–Kier alpha value is -2.87. The fraction of sp³-hybridized carbons (Fsp3) is 0.333. The zero-order valence-corrected chi connectivity index (χ0v) is 15.6. The summed E-state index contributed by atoms with van der Waals surface area (Å²) < 4.78 is 45.2. The van der Waals surface area contributed by atoms with Crippen molar-refractivity contribution in [3.8, 4) is 0 Å². The van der Waals surface area contributed by atoms with Gasteiger partial charge < -0.3 is 15.4 Å². The number of ether oxygens (including phenoxy) is 1. The Labute approximate surface area is 166 Å². The first-order valence-electron chi connectivity index (χ1n) is 9.32. The fourth-order valence-corrected chi connectivity index (χ4v) is 3.20. The van der Waals surface area contributed by atoms with Crippen LogP contribution in [0.15, 0.2) is 42.5 Å². The highest BCUT2D eigenvalue weighted by molar-refractivity contribution is 5.94. The van der Waals surface area contributed by atoms with Gasteiger partial charge in [0.05, 0.1) is 11.7 Å². The van der Waals surface area contributed by atoms with Gasteiger partial charge in [0, 0.05) is 31.7 Å². The molecular weight excluding hydrogens is 385 g/mol. The van der Waals surface area contributed by atoms with E-state index in [1.807, 2.05) is 0 Å². The number of benzene rings is 2. The maximum atomic E-state index is 13.6. The lowest BCUT2D eigenvalue weighted by molar-refractivity contribution is -0.122. The Kier molecular flexibility index (Phi) is 6.87. The molecule has 2 N–H and O–H groups in total. The first-order valence-corrected chi connectivity index (χ1v) is 9.32. The molecule has 2 atom stereocenters. The van der Waals surface area contributed by atoms with Crippen LogP contribution in [0.5, 0.6) is 0 Å². The van der Waals surface area contributed by atoms with Gasteiger partial charge in [-0.1, -0.05) is 12.1 Å². The summed E-state index contributed by atoms with van der Waals surface area (Å²) in [6, 6.07) is 8.63. The number of carbonyl (C=O) groups is 2. The van der Waals surface area contributed by atoms with Crippen molar-refractivity contribution in [3.05, 3.63) is 71.0 Å². The molecule has 2 amide bonds. The minimum absolute atomic E-state index is 0.0199. The zero-order valence-electron chi connectivity index (χ0n) is 15.6. The molecule has 0 aromatic heterocycles. The summed E-state index contributed by atoms with van der Waals surface area (Å²) in [4.78, 5) is 24.1. The number of hydrogen-bond acceptors (Lipinski definition) is 3. The molecule has 1 aliphatic rings. The molecule has 2 aromatic rings. The van der Waals surface area contributed by atoms with Crippen LogP contribution >= 0.6 is 0 Å². The number of nitrogens with one attached hydrogen (secondary N) is 2. The quantitative estimate of drug-likeness (QED) is 0.774. The van der Waals surface area contributed by atoms with E-state index in [2.05, 4.69) is 10.6 Å². The first-order chi connectivity index (χ1) is 13.9. The van der Waals surface area contributed by atoms with Crippen LogP contribution in [-0.2, 0) is 9.53 Å². The highest BCUT2D eigenvalue weighted by Crippen LogP contribution is 2.28. The van der Waals surface area contributed by atoms with Crippen LogP contribution in [0.25, 0.3) is 0 Å². The number of rotatable bonds is 6. The highest BCUT2D eigenvalue weighted by Gasteiger charge is 2.25. The number of hydrogen-bond donors (Lipinski definition) is 2. The van der Waals surface area contributed by atoms with Crippen molar-refractivity contribution in [3.63, 3.8) is 0 Å². The maximum absolute atomic E-state index is 13.6. The van der Waals surface area contributed by atoms with E-state index in [-0.39, 0.29) is 42.4 Å². The third kappa shape index (κ3) is 5.80. The van der Waals surface area contributed by atoms with E-state index in [4.69, 9.17) is 4.74 Å². The maximum Gasteiger partial charge on any atom is 0.254 e. The highest BCUT2D eigenvalue weighted by atomic mass is 19.1. The van der Waals surface area contributed by atoms with Crippen molar-refractivity contribution in [1.82, 2.24) is 10.6 Å². The van der Waals surface area contributed by atoms with Gasteiger partial charge in [-0.15, -0.1) is 0 Å². The van der Waals surface area contributed by atoms with Crippen LogP contribution in [0, 0.1) is 17.5 Å². The minimum atomic E-state index is -0.957. The lowest BCUT2D eigenvalue weighted by Gasteiger charge is -2.30. The molecule has 0 radical (unpaired) electrons. The molecule has 1 aliphatic heterocycles. The third-order valence-electron chi connectivity index (χ3n) is 4.70. The normalized spacial score (nSPS) is 18.9. The Bertz CT molecular complexity index is 874. The van der Waals surface area contributed by atoms with Crippen LogP contribution in [0.4, 0.5) is 13.2 Å². The smallest absolute Gasteiger partial charge is 0.254 e. The van der Waals surface area contributed by atoms with Gasteiger partial charge in [0.1, 0.15) is 17.5 Å². The second-order valence-electron chi connectivity index (χ2n) is 6.83. The van der Waals surface area contributed by atoms with Crippen molar-refractivity contribution < 1.29 is 27.5 Å². The third-order valence-corrected chi connectivity index (χ3v) is 4.70. The van der Waals surface area contributed by atoms with Crippen LogP contribution < -0.4 is 10.6 Å². The second-order valence-corrected chi connectivity index (χ2v) is 6.83. The predicted octanol–water partition coefficient (Wildman–Crippen LogP) is 3.26. The SMILES string of the molecule is O=C(CCNC(=O)c1ccc(F)cc1F)N[C@H]1CCO[C@@H](c2ccc(F)cc2)C1. The summed E-state index contributed by atoms with van der Waals surface area (Å²) in [5.41, 5.74) is 0.567. The van der Waals surface area contributed by atoms with Crippen LogP contribution in [0.3, 0.4) is 0 Å². The van der Waals surface area contributed by atoms with Gasteiger partial charge in [0.15, 0.2) is 0 Å². The molecule has 5 nitrogen and oxygen atoms in total. The van der Waals surface area contributed by atoms with E-state index in [1.165, 1.54) is 12.1 Å². The van der Waals surface area contributed by atoms with E-state index in [0.29, 0.717) is 25.5 Å². The molecule has 3 rings (SSSR count). The largest absolute Gasteiger partial charge is 0.373 e. The number of amides is 2. The monoisotopic (exact) mass is 406 g/mol. The first kappa shape index (κ1) is 20.9. The molecule has 0 bridgehead atoms. The standard InChI is InChI=1S/C21H21F3N2O3/c22-14-3-1-13(2-4-14)19-12-16(8-10-29-19)26-20(27)7-9-25-21(28)17-6-5-15(23)11-18(17)24/h1-6,11,16,19H,7-10,12H2,(H,25,28)(H,26,27)/t16-,19+/m0/s1. The predicted molar refractivity (Wildman–Crippen MR) is 99.6 cm³/mol. The number of halogens is 3. The Morgan fingerprint density at radius 3 is 2.48 bits per heavy atom. The van der Waals surface area contributed by atoms with Crippen molar-refractivity contribution in [2.75, 3.05) is 13.2 Å². The van der Waals surface area contributed by atoms with Gasteiger partial charge in [-0.2, -0.15) is 0 Å². The molecule has 0 aliphatic carbocycles. The molecule has 29 heavy (non-hydrogen) atoms. The van der Waals surface area contributed by atoms with E-state index in [0.717, 1.165) is 17.7 Å². The molecular formula is C21H21F3N2O3. The summed E-state index contributed by atoms with van der Waals surface area (Å²) in [6.45, 7) is 0.486. The van der Waals surface area contributed by atoms with Gasteiger partial charge in [-0.3, -0.25) is 9.59 Å². The number of carbonyl (C=O) groups excluding carboxylic acids is 2. The van der Waals surface area contributed by atoms with Crippen molar-refractivity contribution >= 4 is 11.8 Å². The van der Waals surface area contributed by atoms with Gasteiger partial charge in [0.25, 0.3) is 5.91 Å². The molecule has 0 saturated carbocycles. The van der Waals surface area contributed by atoms with Crippen LogP contribution in [0.2, 0.25) is 0 Å². The Morgan fingerprint density at radius 1 is 1.03 bits per heavy atom. The zero-order chi connectivity index (χ0) is 20.8. The Morgan fingerprint density at radius 2 is 1.76 bits per heavy atom. The fourth-order valence-electron chi connectivity index (χ4n) is 3.20. The molecule has 154 valence electrons. The van der Waals surface area contributed by atoms with E-state index in [9.17, 15) is 22.8 Å². The second kappa shape index (κ2) is 9.56. The van der Waals surface area contributed by atoms with Crippen molar-refractivity contribution in [2.24, 2.45) is 0 Å². The minimum Gasteiger partial charge on any atom is -0.373 e. The van der Waals surface area contributed by atoms with Gasteiger partial charge in [-0.05, 0) is 42.7 Å². The van der Waals surface area contributed by atoms with Crippen molar-refractivity contribution in [2.45, 2.75) is 31.4 Å². The van der Waals surface area contributed by atoms with Gasteiger partial charge in [-0.25, -0.2) is 13.2 Å². The summed E-state index contributed by atoms with van der Waals surface area (Å²) in [5, 5.41) is 5.34. The lowest BCUT2D eigenvalue weighted by Crippen LogP contribution is -2.41. The summed E-state index contributed by atoms with van der Waals surface area (Å²) in [5.74, 6) is -3.01. The molecule has 0 unspecified atom stereocenters. The van der Waals surface area contributed by atoms with Gasteiger partial charge >= 0.3 is 0 Å². The lowest BCUT2D eigenvalue weighted by atomic mass is 9.97. The summed E-state index contributed by atoms with van der Waals surface area (Å²) in [7, 11) is 0. The van der Waals surface area contributed by atoms with Crippen LogP contribution in [0.1, 0.15) is 41.3 Å². The summed E-state index contributed by atoms with van der Waals surface area (Å²) in [6.07, 6.45) is 1.00. The van der Waals surface area contributed by atoms with E-state index < -0.39 is 17.5 Å². The molecule has 1 heterocycles. The average molecular weight is 406 g/mol. The molecule has 1 fully saturated rings. The van der Waals surface area contributed by atoms with Crippen molar-refractivity contribution in [1.29, 1.82) is 0 Å². The van der Waals surface area contributed by atoms with E-state index >= 15 is 0 Å². The Balaban J connectivity index is 1.44.